The van der Waals surface area contributed by atoms with E-state index in [1.54, 1.807) is 12.1 Å². The molecule has 0 aliphatic carbocycles. The van der Waals surface area contributed by atoms with Crippen molar-refractivity contribution in [1.29, 1.82) is 0 Å². The molecule has 0 radical (unpaired) electrons. The number of nitrogens with one attached hydrogen (secondary N) is 3. The molecule has 0 aliphatic rings. The molecule has 1 heterocycles. The fourth-order valence-electron chi connectivity index (χ4n) is 1.64. The van der Waals surface area contributed by atoms with Gasteiger partial charge in [-0.3, -0.25) is 19.8 Å². The van der Waals surface area contributed by atoms with E-state index in [2.05, 4.69) is 15.5 Å². The van der Waals surface area contributed by atoms with E-state index in [1.165, 1.54) is 6.07 Å². The van der Waals surface area contributed by atoms with Crippen LogP contribution >= 0.6 is 0 Å². The summed E-state index contributed by atoms with van der Waals surface area (Å²) in [5.74, 6) is -0.203. The number of anilines is 1. The van der Waals surface area contributed by atoms with Gasteiger partial charge in [0.15, 0.2) is 0 Å². The summed E-state index contributed by atoms with van der Waals surface area (Å²) in [7, 11) is 0. The van der Waals surface area contributed by atoms with E-state index in [1.807, 2.05) is 19.1 Å². The van der Waals surface area contributed by atoms with E-state index in [0.29, 0.717) is 17.8 Å². The van der Waals surface area contributed by atoms with E-state index in [0.717, 1.165) is 5.56 Å². The van der Waals surface area contributed by atoms with Crippen LogP contribution < -0.4 is 16.6 Å². The van der Waals surface area contributed by atoms with Crippen molar-refractivity contribution in [1.82, 2.24) is 10.2 Å². The molecule has 0 spiro atoms. The maximum atomic E-state index is 11.6. The Labute approximate surface area is 110 Å². The zero-order valence-corrected chi connectivity index (χ0v) is 10.6. The summed E-state index contributed by atoms with van der Waals surface area (Å²) < 4.78 is 0. The summed E-state index contributed by atoms with van der Waals surface area (Å²) in [5, 5.41) is 7.97. The smallest absolute Gasteiger partial charge is 0.264 e. The molecule has 0 unspecified atom stereocenters. The molecule has 100 valence electrons. The Kier molecular flexibility index (Phi) is 3.82. The Morgan fingerprint density at radius 3 is 2.53 bits per heavy atom. The predicted octanol–water partition coefficient (Wildman–Crippen LogP) is 1.05. The van der Waals surface area contributed by atoms with E-state index >= 15 is 0 Å². The van der Waals surface area contributed by atoms with Gasteiger partial charge in [0, 0.05) is 11.8 Å². The normalized spacial score (nSPS) is 12.1. The first-order valence-electron chi connectivity index (χ1n) is 6.04. The second kappa shape index (κ2) is 5.53. The summed E-state index contributed by atoms with van der Waals surface area (Å²) in [6.45, 7) is 1.86. The standard InChI is InChI=1S/C13H16N4O2/c1-2-10(14)13(19)15-9-5-3-8(4-6-9)11-7-12(18)17-16-11/h3-7,10H,2,14H2,1H3,(H,15,19)(H2,16,17,18)/t10-/m1/s1. The first-order chi connectivity index (χ1) is 9.10. The minimum Gasteiger partial charge on any atom is -0.325 e. The van der Waals surface area contributed by atoms with Crippen LogP contribution in [0, 0.1) is 0 Å². The van der Waals surface area contributed by atoms with Crippen molar-refractivity contribution in [3.63, 3.8) is 0 Å². The molecule has 1 aromatic carbocycles. The first kappa shape index (κ1) is 13.1. The lowest BCUT2D eigenvalue weighted by molar-refractivity contribution is -0.117. The van der Waals surface area contributed by atoms with Crippen molar-refractivity contribution in [2.24, 2.45) is 5.73 Å². The molecule has 6 heteroatoms. The molecule has 0 saturated carbocycles. The fourth-order valence-corrected chi connectivity index (χ4v) is 1.64. The van der Waals surface area contributed by atoms with Crippen LogP contribution in [0.5, 0.6) is 0 Å². The number of rotatable bonds is 4. The SMILES string of the molecule is CC[C@@H](N)C(=O)Nc1ccc(-c2cc(=O)[nH][nH]2)cc1. The quantitative estimate of drug-likeness (QED) is 0.660. The van der Waals surface area contributed by atoms with Gasteiger partial charge in [0.2, 0.25) is 5.91 Å². The second-order valence-electron chi connectivity index (χ2n) is 4.25. The molecule has 0 saturated heterocycles. The Balaban J connectivity index is 2.11. The monoisotopic (exact) mass is 260 g/mol. The molecular formula is C13H16N4O2. The van der Waals surface area contributed by atoms with Crippen LogP contribution in [0.25, 0.3) is 11.3 Å². The highest BCUT2D eigenvalue weighted by atomic mass is 16.2. The van der Waals surface area contributed by atoms with Crippen LogP contribution in [0.1, 0.15) is 13.3 Å². The number of nitrogens with two attached hydrogens (primary N) is 1. The van der Waals surface area contributed by atoms with E-state index < -0.39 is 6.04 Å². The number of carbonyl (C=O) groups is 1. The van der Waals surface area contributed by atoms with Crippen molar-refractivity contribution in [3.05, 3.63) is 40.7 Å². The Morgan fingerprint density at radius 1 is 1.32 bits per heavy atom. The van der Waals surface area contributed by atoms with Crippen LogP contribution in [0.4, 0.5) is 5.69 Å². The predicted molar refractivity (Wildman–Crippen MR) is 73.7 cm³/mol. The molecule has 1 aromatic heterocycles. The lowest BCUT2D eigenvalue weighted by Crippen LogP contribution is -2.34. The second-order valence-corrected chi connectivity index (χ2v) is 4.25. The van der Waals surface area contributed by atoms with Crippen molar-refractivity contribution in [2.75, 3.05) is 5.32 Å². The van der Waals surface area contributed by atoms with Gasteiger partial charge in [-0.25, -0.2) is 0 Å². The molecule has 2 rings (SSSR count). The van der Waals surface area contributed by atoms with Gasteiger partial charge in [0.05, 0.1) is 11.7 Å². The highest BCUT2D eigenvalue weighted by molar-refractivity contribution is 5.94. The first-order valence-corrected chi connectivity index (χ1v) is 6.04. The molecule has 0 bridgehead atoms. The van der Waals surface area contributed by atoms with Crippen LogP contribution in [-0.4, -0.2) is 22.1 Å². The zero-order chi connectivity index (χ0) is 13.8. The van der Waals surface area contributed by atoms with E-state index in [4.69, 9.17) is 5.73 Å². The molecular weight excluding hydrogens is 244 g/mol. The summed E-state index contributed by atoms with van der Waals surface area (Å²) in [4.78, 5) is 22.6. The third-order valence-electron chi connectivity index (χ3n) is 2.84. The number of hydrogen-bond donors (Lipinski definition) is 4. The molecule has 5 N–H and O–H groups in total. The number of H-pyrrole nitrogens is 2. The average molecular weight is 260 g/mol. The van der Waals surface area contributed by atoms with Gasteiger partial charge in [0.25, 0.3) is 5.56 Å². The number of benzene rings is 1. The third kappa shape index (κ3) is 3.11. The Hall–Kier alpha value is -2.34. The number of hydrogen-bond acceptors (Lipinski definition) is 3. The van der Waals surface area contributed by atoms with Gasteiger partial charge >= 0.3 is 0 Å². The highest BCUT2D eigenvalue weighted by Gasteiger charge is 2.10. The molecule has 0 fully saturated rings. The topological polar surface area (TPSA) is 104 Å². The Morgan fingerprint density at radius 2 is 2.00 bits per heavy atom. The van der Waals surface area contributed by atoms with Gasteiger partial charge in [-0.15, -0.1) is 0 Å². The molecule has 6 nitrogen and oxygen atoms in total. The number of amides is 1. The highest BCUT2D eigenvalue weighted by Crippen LogP contribution is 2.18. The summed E-state index contributed by atoms with van der Waals surface area (Å²) >= 11 is 0. The lowest BCUT2D eigenvalue weighted by Gasteiger charge is -2.10. The lowest BCUT2D eigenvalue weighted by atomic mass is 10.1. The van der Waals surface area contributed by atoms with Crippen LogP contribution in [0.3, 0.4) is 0 Å². The van der Waals surface area contributed by atoms with Gasteiger partial charge in [-0.1, -0.05) is 19.1 Å². The van der Waals surface area contributed by atoms with Crippen LogP contribution in [0.15, 0.2) is 35.1 Å². The molecule has 1 atom stereocenters. The maximum Gasteiger partial charge on any atom is 0.264 e. The average Bonchev–Trinajstić information content (AvgIpc) is 2.85. The van der Waals surface area contributed by atoms with Crippen LogP contribution in [0.2, 0.25) is 0 Å². The molecule has 0 aliphatic heterocycles. The van der Waals surface area contributed by atoms with E-state index in [-0.39, 0.29) is 11.5 Å². The summed E-state index contributed by atoms with van der Waals surface area (Å²) in [6, 6.07) is 8.13. The third-order valence-corrected chi connectivity index (χ3v) is 2.84. The minimum absolute atomic E-state index is 0.179. The molecule has 19 heavy (non-hydrogen) atoms. The van der Waals surface area contributed by atoms with Crippen molar-refractivity contribution in [2.45, 2.75) is 19.4 Å². The van der Waals surface area contributed by atoms with Gasteiger partial charge in [-0.2, -0.15) is 0 Å². The van der Waals surface area contributed by atoms with Crippen molar-refractivity contribution < 1.29 is 4.79 Å². The van der Waals surface area contributed by atoms with E-state index in [9.17, 15) is 9.59 Å². The van der Waals surface area contributed by atoms with Crippen LogP contribution in [-0.2, 0) is 4.79 Å². The number of carbonyl (C=O) groups excluding carboxylic acids is 1. The maximum absolute atomic E-state index is 11.6. The van der Waals surface area contributed by atoms with Gasteiger partial charge in [-0.05, 0) is 24.1 Å². The fraction of sp³-hybridized carbons (Fsp3) is 0.231. The van der Waals surface area contributed by atoms with Crippen molar-refractivity contribution in [3.8, 4) is 11.3 Å². The number of aromatic nitrogens is 2. The zero-order valence-electron chi connectivity index (χ0n) is 10.6. The Bertz CT molecular complexity index is 612. The summed E-state index contributed by atoms with van der Waals surface area (Å²) in [6.07, 6.45) is 0.592. The van der Waals surface area contributed by atoms with Gasteiger partial charge in [0.1, 0.15) is 0 Å². The largest absolute Gasteiger partial charge is 0.325 e. The number of aromatic amines is 2. The molecule has 1 amide bonds. The minimum atomic E-state index is -0.499. The van der Waals surface area contributed by atoms with Crippen molar-refractivity contribution >= 4 is 11.6 Å². The van der Waals surface area contributed by atoms with Gasteiger partial charge < -0.3 is 11.1 Å². The molecule has 2 aromatic rings. The summed E-state index contributed by atoms with van der Waals surface area (Å²) in [5.41, 5.74) is 7.69.